The minimum absolute atomic E-state index is 0.179. The molecule has 0 rings (SSSR count). The summed E-state index contributed by atoms with van der Waals surface area (Å²) in [6.45, 7) is 5.95. The fourth-order valence-electron chi connectivity index (χ4n) is 0.872. The van der Waals surface area contributed by atoms with E-state index in [1.165, 1.54) is 0 Å². The predicted molar refractivity (Wildman–Crippen MR) is 50.0 cm³/mol. The van der Waals surface area contributed by atoms with Gasteiger partial charge in [0.2, 0.25) is 0 Å². The van der Waals surface area contributed by atoms with Crippen molar-refractivity contribution in [1.82, 2.24) is 5.32 Å². The molecule has 2 unspecified atom stereocenters. The van der Waals surface area contributed by atoms with E-state index in [-0.39, 0.29) is 6.61 Å². The molecule has 3 N–H and O–H groups in total. The van der Waals surface area contributed by atoms with Crippen molar-refractivity contribution in [2.45, 2.75) is 31.9 Å². The van der Waals surface area contributed by atoms with Gasteiger partial charge in [0.05, 0.1) is 12.7 Å². The highest BCUT2D eigenvalue weighted by atomic mass is 16.3. The summed E-state index contributed by atoms with van der Waals surface area (Å²) in [4.78, 5) is 0. The smallest absolute Gasteiger partial charge is 0.0895 e. The van der Waals surface area contributed by atoms with Gasteiger partial charge in [-0.2, -0.15) is 0 Å². The molecule has 12 heavy (non-hydrogen) atoms. The summed E-state index contributed by atoms with van der Waals surface area (Å²) in [5, 5.41) is 20.6. The zero-order valence-electron chi connectivity index (χ0n) is 7.66. The molecule has 0 bridgehead atoms. The monoisotopic (exact) mass is 173 g/mol. The van der Waals surface area contributed by atoms with E-state index in [9.17, 15) is 0 Å². The van der Waals surface area contributed by atoms with E-state index < -0.39 is 6.10 Å². The Morgan fingerprint density at radius 3 is 2.75 bits per heavy atom. The average Bonchev–Trinajstić information content (AvgIpc) is 2.10. The molecule has 3 nitrogen and oxygen atoms in total. The van der Waals surface area contributed by atoms with Gasteiger partial charge in [-0.05, 0) is 19.8 Å². The van der Waals surface area contributed by atoms with Crippen molar-refractivity contribution < 1.29 is 10.2 Å². The van der Waals surface area contributed by atoms with Crippen LogP contribution in [0, 0.1) is 0 Å². The van der Waals surface area contributed by atoms with Crippen LogP contribution in [0.5, 0.6) is 0 Å². The average molecular weight is 173 g/mol. The number of rotatable bonds is 7. The Balaban J connectivity index is 3.29. The highest BCUT2D eigenvalue weighted by molar-refractivity contribution is 4.71. The van der Waals surface area contributed by atoms with Crippen LogP contribution >= 0.6 is 0 Å². The molecule has 0 saturated heterocycles. The maximum Gasteiger partial charge on any atom is 0.0895 e. The van der Waals surface area contributed by atoms with Crippen molar-refractivity contribution in [1.29, 1.82) is 0 Å². The first-order chi connectivity index (χ1) is 5.70. The van der Waals surface area contributed by atoms with Crippen LogP contribution in [0.2, 0.25) is 0 Å². The maximum atomic E-state index is 9.00. The standard InChI is InChI=1S/C9H19NO2/c1-3-4-5-8(2)10-6-9(12)7-11/h3,8-12H,1,4-7H2,2H3. The van der Waals surface area contributed by atoms with Crippen LogP contribution in [0.4, 0.5) is 0 Å². The van der Waals surface area contributed by atoms with Gasteiger partial charge >= 0.3 is 0 Å². The molecule has 0 aromatic rings. The van der Waals surface area contributed by atoms with Crippen LogP contribution in [0.3, 0.4) is 0 Å². The first kappa shape index (κ1) is 11.6. The fourth-order valence-corrected chi connectivity index (χ4v) is 0.872. The van der Waals surface area contributed by atoms with Crippen LogP contribution in [-0.2, 0) is 0 Å². The van der Waals surface area contributed by atoms with Crippen LogP contribution in [0.1, 0.15) is 19.8 Å². The van der Waals surface area contributed by atoms with E-state index in [1.54, 1.807) is 0 Å². The molecule has 0 saturated carbocycles. The molecule has 0 heterocycles. The van der Waals surface area contributed by atoms with Gasteiger partial charge < -0.3 is 15.5 Å². The minimum atomic E-state index is -0.642. The Kier molecular flexibility index (Phi) is 7.05. The van der Waals surface area contributed by atoms with E-state index in [1.807, 2.05) is 13.0 Å². The molecule has 3 heteroatoms. The molecular weight excluding hydrogens is 154 g/mol. The van der Waals surface area contributed by atoms with Crippen molar-refractivity contribution >= 4 is 0 Å². The lowest BCUT2D eigenvalue weighted by Crippen LogP contribution is -2.35. The Morgan fingerprint density at radius 1 is 1.58 bits per heavy atom. The first-order valence-corrected chi connectivity index (χ1v) is 4.34. The Hall–Kier alpha value is -0.380. The normalized spacial score (nSPS) is 15.6. The molecule has 0 radical (unpaired) electrons. The molecule has 0 aliphatic heterocycles. The highest BCUT2D eigenvalue weighted by Gasteiger charge is 2.04. The van der Waals surface area contributed by atoms with Gasteiger partial charge in [0.15, 0.2) is 0 Å². The maximum absolute atomic E-state index is 9.00. The molecule has 0 fully saturated rings. The largest absolute Gasteiger partial charge is 0.394 e. The second-order valence-electron chi connectivity index (χ2n) is 3.01. The Bertz CT molecular complexity index is 117. The van der Waals surface area contributed by atoms with E-state index in [0.29, 0.717) is 12.6 Å². The Morgan fingerprint density at radius 2 is 2.25 bits per heavy atom. The third kappa shape index (κ3) is 6.34. The third-order valence-corrected chi connectivity index (χ3v) is 1.72. The summed E-state index contributed by atoms with van der Waals surface area (Å²) in [6, 6.07) is 0.365. The van der Waals surface area contributed by atoms with E-state index >= 15 is 0 Å². The van der Waals surface area contributed by atoms with Crippen molar-refractivity contribution in [3.63, 3.8) is 0 Å². The summed E-state index contributed by atoms with van der Waals surface area (Å²) in [7, 11) is 0. The van der Waals surface area contributed by atoms with Gasteiger partial charge in [0, 0.05) is 12.6 Å². The Labute approximate surface area is 74.1 Å². The lowest BCUT2D eigenvalue weighted by atomic mass is 10.2. The predicted octanol–water partition coefficient (Wildman–Crippen LogP) is 0.284. The fraction of sp³-hybridized carbons (Fsp3) is 0.778. The topological polar surface area (TPSA) is 52.5 Å². The summed E-state index contributed by atoms with van der Waals surface area (Å²) >= 11 is 0. The van der Waals surface area contributed by atoms with Gasteiger partial charge in [-0.3, -0.25) is 0 Å². The zero-order chi connectivity index (χ0) is 9.40. The third-order valence-electron chi connectivity index (χ3n) is 1.72. The van der Waals surface area contributed by atoms with Crippen molar-refractivity contribution in [2.75, 3.05) is 13.2 Å². The van der Waals surface area contributed by atoms with Crippen molar-refractivity contribution in [2.24, 2.45) is 0 Å². The molecule has 0 spiro atoms. The van der Waals surface area contributed by atoms with E-state index in [0.717, 1.165) is 12.8 Å². The summed E-state index contributed by atoms with van der Waals surface area (Å²) in [5.41, 5.74) is 0. The summed E-state index contributed by atoms with van der Waals surface area (Å²) in [6.07, 6.45) is 3.22. The van der Waals surface area contributed by atoms with Crippen LogP contribution < -0.4 is 5.32 Å². The zero-order valence-corrected chi connectivity index (χ0v) is 7.66. The van der Waals surface area contributed by atoms with Gasteiger partial charge in [-0.25, -0.2) is 0 Å². The van der Waals surface area contributed by atoms with Gasteiger partial charge in [-0.15, -0.1) is 6.58 Å². The molecule has 2 atom stereocenters. The second-order valence-corrected chi connectivity index (χ2v) is 3.01. The van der Waals surface area contributed by atoms with Crippen molar-refractivity contribution in [3.05, 3.63) is 12.7 Å². The number of allylic oxidation sites excluding steroid dienone is 1. The summed E-state index contributed by atoms with van der Waals surface area (Å²) < 4.78 is 0. The molecule has 0 aliphatic carbocycles. The number of nitrogens with one attached hydrogen (secondary N) is 1. The van der Waals surface area contributed by atoms with Gasteiger partial charge in [0.1, 0.15) is 0 Å². The number of hydrogen-bond acceptors (Lipinski definition) is 3. The molecule has 0 amide bonds. The quantitative estimate of drug-likeness (QED) is 0.485. The number of hydrogen-bond donors (Lipinski definition) is 3. The van der Waals surface area contributed by atoms with E-state index in [2.05, 4.69) is 11.9 Å². The highest BCUT2D eigenvalue weighted by Crippen LogP contribution is 1.96. The molecular formula is C9H19NO2. The minimum Gasteiger partial charge on any atom is -0.394 e. The summed E-state index contributed by atoms with van der Waals surface area (Å²) in [5.74, 6) is 0. The van der Waals surface area contributed by atoms with Crippen LogP contribution in [0.25, 0.3) is 0 Å². The lowest BCUT2D eigenvalue weighted by molar-refractivity contribution is 0.0921. The first-order valence-electron chi connectivity index (χ1n) is 4.34. The van der Waals surface area contributed by atoms with E-state index in [4.69, 9.17) is 10.2 Å². The molecule has 0 aliphatic rings. The SMILES string of the molecule is C=CCCC(C)NCC(O)CO. The lowest BCUT2D eigenvalue weighted by Gasteiger charge is -2.14. The van der Waals surface area contributed by atoms with Crippen molar-refractivity contribution in [3.8, 4) is 0 Å². The van der Waals surface area contributed by atoms with Crippen LogP contribution in [0.15, 0.2) is 12.7 Å². The van der Waals surface area contributed by atoms with Gasteiger partial charge in [-0.1, -0.05) is 6.08 Å². The molecule has 72 valence electrons. The van der Waals surface area contributed by atoms with Crippen LogP contribution in [-0.4, -0.2) is 35.5 Å². The number of aliphatic hydroxyl groups excluding tert-OH is 2. The number of aliphatic hydroxyl groups is 2. The molecule has 0 aromatic heterocycles. The van der Waals surface area contributed by atoms with Gasteiger partial charge in [0.25, 0.3) is 0 Å². The second kappa shape index (κ2) is 7.28. The molecule has 0 aromatic carbocycles.